The number of rotatable bonds is 5. The lowest BCUT2D eigenvalue weighted by Crippen LogP contribution is -2.62. The van der Waals surface area contributed by atoms with Crippen LogP contribution in [0.2, 0.25) is 0 Å². The molecule has 0 radical (unpaired) electrons. The van der Waals surface area contributed by atoms with Crippen molar-refractivity contribution >= 4 is 37.8 Å². The molecule has 0 bridgehead atoms. The predicted molar refractivity (Wildman–Crippen MR) is 124 cm³/mol. The summed E-state index contributed by atoms with van der Waals surface area (Å²) >= 11 is 7.03. The zero-order valence-corrected chi connectivity index (χ0v) is 20.5. The van der Waals surface area contributed by atoms with Gasteiger partial charge in [-0.2, -0.15) is 0 Å². The van der Waals surface area contributed by atoms with Crippen LogP contribution in [0.15, 0.2) is 51.4 Å². The van der Waals surface area contributed by atoms with Crippen LogP contribution in [0.4, 0.5) is 0 Å². The Morgan fingerprint density at radius 1 is 1.10 bits per heavy atom. The maximum atomic E-state index is 12.8. The molecule has 1 heterocycles. The highest BCUT2D eigenvalue weighted by Crippen LogP contribution is 2.29. The normalized spacial score (nSPS) is 18.3. The Morgan fingerprint density at radius 3 is 2.41 bits per heavy atom. The van der Waals surface area contributed by atoms with Crippen molar-refractivity contribution in [3.8, 4) is 5.75 Å². The smallest absolute Gasteiger partial charge is 0.251 e. The van der Waals surface area contributed by atoms with E-state index in [2.05, 4.69) is 70.2 Å². The summed E-state index contributed by atoms with van der Waals surface area (Å²) in [5, 5.41) is 6.87. The molecule has 0 unspecified atom stereocenters. The number of hydrogen-bond acceptors (Lipinski definition) is 3. The first kappa shape index (κ1) is 22.3. The van der Waals surface area contributed by atoms with Crippen LogP contribution in [0.25, 0.3) is 0 Å². The van der Waals surface area contributed by atoms with Crippen LogP contribution in [-0.2, 0) is 6.61 Å². The number of amides is 1. The van der Waals surface area contributed by atoms with Gasteiger partial charge in [0.2, 0.25) is 0 Å². The maximum absolute atomic E-state index is 12.8. The van der Waals surface area contributed by atoms with Crippen molar-refractivity contribution in [2.45, 2.75) is 64.3 Å². The second-order valence-electron chi connectivity index (χ2n) is 9.02. The number of piperidine rings is 1. The van der Waals surface area contributed by atoms with Crippen molar-refractivity contribution in [3.05, 3.63) is 62.5 Å². The number of carbonyl (C=O) groups excluding carboxylic acids is 1. The minimum atomic E-state index is -0.0383. The van der Waals surface area contributed by atoms with Gasteiger partial charge in [-0.05, 0) is 70.9 Å². The molecule has 4 nitrogen and oxygen atoms in total. The summed E-state index contributed by atoms with van der Waals surface area (Å²) in [6, 6.07) is 13.6. The topological polar surface area (TPSA) is 50.4 Å². The lowest BCUT2D eigenvalue weighted by atomic mass is 9.79. The fourth-order valence-corrected chi connectivity index (χ4v) is 5.09. The van der Waals surface area contributed by atoms with E-state index in [-0.39, 0.29) is 23.0 Å². The molecule has 3 rings (SSSR count). The van der Waals surface area contributed by atoms with E-state index in [9.17, 15) is 4.79 Å². The van der Waals surface area contributed by atoms with Gasteiger partial charge in [0.05, 0.1) is 0 Å². The van der Waals surface area contributed by atoms with Crippen molar-refractivity contribution in [1.29, 1.82) is 0 Å². The fourth-order valence-electron chi connectivity index (χ4n) is 4.22. The van der Waals surface area contributed by atoms with E-state index >= 15 is 0 Å². The van der Waals surface area contributed by atoms with E-state index in [4.69, 9.17) is 4.74 Å². The first-order valence-corrected chi connectivity index (χ1v) is 11.4. The number of ether oxygens (including phenoxy) is 1. The lowest BCUT2D eigenvalue weighted by molar-refractivity contribution is 0.0873. The van der Waals surface area contributed by atoms with Crippen LogP contribution in [0.1, 0.15) is 56.5 Å². The van der Waals surface area contributed by atoms with Gasteiger partial charge in [0.25, 0.3) is 5.91 Å². The molecule has 156 valence electrons. The van der Waals surface area contributed by atoms with Crippen LogP contribution < -0.4 is 15.4 Å². The van der Waals surface area contributed by atoms with Crippen molar-refractivity contribution in [2.75, 3.05) is 0 Å². The van der Waals surface area contributed by atoms with E-state index in [1.165, 1.54) is 0 Å². The molecule has 0 atom stereocenters. The number of nitrogens with one attached hydrogen (secondary N) is 2. The monoisotopic (exact) mass is 522 g/mol. The number of benzene rings is 2. The first-order chi connectivity index (χ1) is 13.5. The third kappa shape index (κ3) is 6.30. The zero-order chi connectivity index (χ0) is 21.2. The van der Waals surface area contributed by atoms with E-state index in [0.29, 0.717) is 12.2 Å². The molecule has 1 fully saturated rings. The second-order valence-corrected chi connectivity index (χ2v) is 10.8. The lowest BCUT2D eigenvalue weighted by Gasteiger charge is -2.46. The highest BCUT2D eigenvalue weighted by Gasteiger charge is 2.38. The van der Waals surface area contributed by atoms with Crippen molar-refractivity contribution in [2.24, 2.45) is 0 Å². The molecule has 2 aromatic carbocycles. The summed E-state index contributed by atoms with van der Waals surface area (Å²) in [5.74, 6) is 0.757. The average molecular weight is 524 g/mol. The summed E-state index contributed by atoms with van der Waals surface area (Å²) in [5.41, 5.74) is 1.63. The minimum absolute atomic E-state index is 0.00604. The number of carbonyl (C=O) groups is 1. The van der Waals surface area contributed by atoms with Crippen LogP contribution in [0.3, 0.4) is 0 Å². The second kappa shape index (κ2) is 8.78. The SMILES string of the molecule is CC1(C)CC(NC(=O)c2ccc(COc3cccc(Br)c3)c(Br)c2)CC(C)(C)N1. The third-order valence-electron chi connectivity index (χ3n) is 5.03. The Labute approximate surface area is 190 Å². The summed E-state index contributed by atoms with van der Waals surface area (Å²) in [4.78, 5) is 12.8. The van der Waals surface area contributed by atoms with E-state index in [1.54, 1.807) is 0 Å². The van der Waals surface area contributed by atoms with Crippen LogP contribution in [0.5, 0.6) is 5.75 Å². The summed E-state index contributed by atoms with van der Waals surface area (Å²) in [7, 11) is 0. The van der Waals surface area contributed by atoms with Gasteiger partial charge < -0.3 is 15.4 Å². The Hall–Kier alpha value is -1.37. The van der Waals surface area contributed by atoms with Gasteiger partial charge in [-0.3, -0.25) is 4.79 Å². The third-order valence-corrected chi connectivity index (χ3v) is 6.26. The van der Waals surface area contributed by atoms with Crippen molar-refractivity contribution < 1.29 is 9.53 Å². The first-order valence-electron chi connectivity index (χ1n) is 9.80. The molecule has 2 N–H and O–H groups in total. The van der Waals surface area contributed by atoms with Gasteiger partial charge in [-0.25, -0.2) is 0 Å². The van der Waals surface area contributed by atoms with Crippen molar-refractivity contribution in [1.82, 2.24) is 10.6 Å². The molecule has 1 aliphatic rings. The summed E-state index contributed by atoms with van der Waals surface area (Å²) < 4.78 is 7.70. The van der Waals surface area contributed by atoms with Gasteiger partial charge in [0, 0.05) is 37.2 Å². The quantitative estimate of drug-likeness (QED) is 0.518. The maximum Gasteiger partial charge on any atom is 0.251 e. The minimum Gasteiger partial charge on any atom is -0.489 e. The molecular formula is C23H28Br2N2O2. The molecule has 6 heteroatoms. The van der Waals surface area contributed by atoms with Crippen LogP contribution >= 0.6 is 31.9 Å². The van der Waals surface area contributed by atoms with Gasteiger partial charge in [0.1, 0.15) is 12.4 Å². The highest BCUT2D eigenvalue weighted by atomic mass is 79.9. The standard InChI is InChI=1S/C23H28Br2N2O2/c1-22(2)12-18(13-23(3,4)27-22)26-21(28)15-8-9-16(20(25)10-15)14-29-19-7-5-6-17(24)11-19/h5-11,18,27H,12-14H2,1-4H3,(H,26,28). The van der Waals surface area contributed by atoms with Crippen molar-refractivity contribution in [3.63, 3.8) is 0 Å². The molecule has 1 amide bonds. The molecule has 0 spiro atoms. The van der Waals surface area contributed by atoms with E-state index < -0.39 is 0 Å². The molecule has 1 saturated heterocycles. The van der Waals surface area contributed by atoms with Gasteiger partial charge >= 0.3 is 0 Å². The Kier molecular flexibility index (Phi) is 6.76. The largest absolute Gasteiger partial charge is 0.489 e. The Balaban J connectivity index is 1.64. The molecule has 0 saturated carbocycles. The average Bonchev–Trinajstić information content (AvgIpc) is 2.58. The molecular weight excluding hydrogens is 496 g/mol. The molecule has 0 aromatic heterocycles. The van der Waals surface area contributed by atoms with Crippen LogP contribution in [-0.4, -0.2) is 23.0 Å². The molecule has 2 aromatic rings. The number of hydrogen-bond donors (Lipinski definition) is 2. The van der Waals surface area contributed by atoms with Crippen LogP contribution in [0, 0.1) is 0 Å². The summed E-state index contributed by atoms with van der Waals surface area (Å²) in [6.45, 7) is 9.16. The zero-order valence-electron chi connectivity index (χ0n) is 17.3. The molecule has 0 aliphatic carbocycles. The van der Waals surface area contributed by atoms with Gasteiger partial charge in [-0.1, -0.05) is 44.0 Å². The molecule has 29 heavy (non-hydrogen) atoms. The van der Waals surface area contributed by atoms with E-state index in [1.807, 2.05) is 42.5 Å². The van der Waals surface area contributed by atoms with Gasteiger partial charge in [0.15, 0.2) is 0 Å². The van der Waals surface area contributed by atoms with E-state index in [0.717, 1.165) is 33.1 Å². The molecule has 1 aliphatic heterocycles. The highest BCUT2D eigenvalue weighted by molar-refractivity contribution is 9.10. The van der Waals surface area contributed by atoms with Gasteiger partial charge in [-0.15, -0.1) is 0 Å². The predicted octanol–water partition coefficient (Wildman–Crippen LogP) is 5.83. The number of halogens is 2. The Morgan fingerprint density at radius 2 is 1.79 bits per heavy atom. The Bertz CT molecular complexity index is 880. The fraction of sp³-hybridized carbons (Fsp3) is 0.435. The summed E-state index contributed by atoms with van der Waals surface area (Å²) in [6.07, 6.45) is 1.81.